The van der Waals surface area contributed by atoms with Gasteiger partial charge in [-0.15, -0.1) is 0 Å². The molecule has 168 valence electrons. The zero-order chi connectivity index (χ0) is 22.5. The van der Waals surface area contributed by atoms with Gasteiger partial charge < -0.3 is 24.6 Å². The van der Waals surface area contributed by atoms with Crippen LogP contribution in [0, 0.1) is 20.8 Å². The third kappa shape index (κ3) is 5.57. The van der Waals surface area contributed by atoms with Gasteiger partial charge in [0.05, 0.1) is 14.2 Å². The normalized spacial score (nSPS) is 19.5. The molecule has 2 aromatic carbocycles. The zero-order valence-corrected chi connectivity index (χ0v) is 19.7. The fourth-order valence-corrected chi connectivity index (χ4v) is 4.61. The Labute approximate surface area is 186 Å². The lowest BCUT2D eigenvalue weighted by atomic mass is 10.0. The summed E-state index contributed by atoms with van der Waals surface area (Å²) in [7, 11) is 3.33. The van der Waals surface area contributed by atoms with Crippen LogP contribution in [-0.4, -0.2) is 52.3 Å². The maximum Gasteiger partial charge on any atom is 0.282 e. The molecule has 1 aliphatic rings. The number of hydrogen-bond acceptors (Lipinski definition) is 3. The number of methoxy groups -OCH3 is 2. The standard InChI is InChI=1S/C25H35N3O3/c1-17-13-18(2)24(19(3)14-17)26-25(29)20(4)28-11-9-27(10-12-28)16-21-7-8-22(30-5)23(15-21)31-6/h7-8,13-15,20H,9-12,16H2,1-6H3,(H,26,29)/p+2/t20-/m0/s1. The van der Waals surface area contributed by atoms with E-state index in [1.807, 2.05) is 13.0 Å². The molecule has 0 aromatic heterocycles. The summed E-state index contributed by atoms with van der Waals surface area (Å²) < 4.78 is 10.8. The first-order valence-corrected chi connectivity index (χ1v) is 11.1. The van der Waals surface area contributed by atoms with Crippen molar-refractivity contribution < 1.29 is 24.1 Å². The molecule has 1 amide bonds. The Morgan fingerprint density at radius 2 is 1.58 bits per heavy atom. The van der Waals surface area contributed by atoms with Crippen molar-refractivity contribution in [3.8, 4) is 11.5 Å². The third-order valence-electron chi connectivity index (χ3n) is 6.43. The summed E-state index contributed by atoms with van der Waals surface area (Å²) in [5.41, 5.74) is 5.67. The van der Waals surface area contributed by atoms with Gasteiger partial charge in [0.25, 0.3) is 5.91 Å². The number of hydrogen-bond donors (Lipinski definition) is 3. The summed E-state index contributed by atoms with van der Waals surface area (Å²) in [6.45, 7) is 13.3. The van der Waals surface area contributed by atoms with Crippen molar-refractivity contribution in [2.45, 2.75) is 40.3 Å². The number of amides is 1. The molecule has 1 aliphatic heterocycles. The summed E-state index contributed by atoms with van der Waals surface area (Å²) in [5, 5.41) is 3.18. The van der Waals surface area contributed by atoms with Crippen LogP contribution in [-0.2, 0) is 11.3 Å². The average molecular weight is 428 g/mol. The number of carbonyl (C=O) groups is 1. The van der Waals surface area contributed by atoms with Gasteiger partial charge in [-0.3, -0.25) is 4.79 Å². The predicted molar refractivity (Wildman–Crippen MR) is 123 cm³/mol. The molecule has 1 heterocycles. The molecule has 2 aromatic rings. The number of anilines is 1. The fraction of sp³-hybridized carbons (Fsp3) is 0.480. The summed E-state index contributed by atoms with van der Waals surface area (Å²) in [5.74, 6) is 1.64. The number of carbonyl (C=O) groups excluding carboxylic acids is 1. The van der Waals surface area contributed by atoms with Gasteiger partial charge in [-0.05, 0) is 57.0 Å². The highest BCUT2D eigenvalue weighted by Crippen LogP contribution is 2.27. The van der Waals surface area contributed by atoms with Gasteiger partial charge in [0.15, 0.2) is 17.5 Å². The minimum atomic E-state index is -0.0669. The van der Waals surface area contributed by atoms with Gasteiger partial charge in [0, 0.05) is 11.3 Å². The molecule has 1 fully saturated rings. The minimum absolute atomic E-state index is 0.0669. The number of benzene rings is 2. The summed E-state index contributed by atoms with van der Waals surface area (Å²) >= 11 is 0. The van der Waals surface area contributed by atoms with Crippen LogP contribution in [0.5, 0.6) is 11.5 Å². The first-order chi connectivity index (χ1) is 14.8. The van der Waals surface area contributed by atoms with E-state index in [1.54, 1.807) is 14.2 Å². The summed E-state index contributed by atoms with van der Waals surface area (Å²) in [4.78, 5) is 15.8. The van der Waals surface area contributed by atoms with Gasteiger partial charge in [0.2, 0.25) is 0 Å². The topological polar surface area (TPSA) is 56.4 Å². The van der Waals surface area contributed by atoms with E-state index in [4.69, 9.17) is 9.47 Å². The largest absolute Gasteiger partial charge is 0.493 e. The van der Waals surface area contributed by atoms with Crippen molar-refractivity contribution in [2.75, 3.05) is 45.7 Å². The van der Waals surface area contributed by atoms with Crippen molar-refractivity contribution in [3.63, 3.8) is 0 Å². The van der Waals surface area contributed by atoms with E-state index in [0.717, 1.165) is 61.0 Å². The molecule has 1 saturated heterocycles. The highest BCUT2D eigenvalue weighted by molar-refractivity contribution is 5.95. The van der Waals surface area contributed by atoms with E-state index in [2.05, 4.69) is 50.4 Å². The van der Waals surface area contributed by atoms with Crippen LogP contribution in [0.1, 0.15) is 29.2 Å². The molecule has 0 saturated carbocycles. The van der Waals surface area contributed by atoms with Crippen molar-refractivity contribution >= 4 is 11.6 Å². The van der Waals surface area contributed by atoms with E-state index in [9.17, 15) is 4.79 Å². The summed E-state index contributed by atoms with van der Waals surface area (Å²) in [6.07, 6.45) is 0. The molecular weight excluding hydrogens is 390 g/mol. The van der Waals surface area contributed by atoms with Gasteiger partial charge in [-0.1, -0.05) is 17.7 Å². The Morgan fingerprint density at radius 1 is 0.968 bits per heavy atom. The van der Waals surface area contributed by atoms with Gasteiger partial charge in [-0.2, -0.15) is 0 Å². The molecule has 3 rings (SSSR count). The molecule has 0 spiro atoms. The second kappa shape index (κ2) is 10.2. The zero-order valence-electron chi connectivity index (χ0n) is 19.7. The van der Waals surface area contributed by atoms with Gasteiger partial charge in [0.1, 0.15) is 32.7 Å². The number of ether oxygens (including phenoxy) is 2. The van der Waals surface area contributed by atoms with E-state index >= 15 is 0 Å². The Kier molecular flexibility index (Phi) is 7.57. The van der Waals surface area contributed by atoms with Crippen molar-refractivity contribution in [1.29, 1.82) is 0 Å². The molecule has 0 radical (unpaired) electrons. The maximum atomic E-state index is 12.9. The number of quaternary nitrogens is 2. The van der Waals surface area contributed by atoms with Crippen LogP contribution >= 0.6 is 0 Å². The lowest BCUT2D eigenvalue weighted by Gasteiger charge is -2.32. The van der Waals surface area contributed by atoms with E-state index in [1.165, 1.54) is 20.9 Å². The van der Waals surface area contributed by atoms with Gasteiger partial charge >= 0.3 is 0 Å². The van der Waals surface area contributed by atoms with E-state index in [-0.39, 0.29) is 11.9 Å². The molecule has 3 N–H and O–H groups in total. The quantitative estimate of drug-likeness (QED) is 0.617. The van der Waals surface area contributed by atoms with Crippen LogP contribution in [0.2, 0.25) is 0 Å². The van der Waals surface area contributed by atoms with Crippen LogP contribution in [0.15, 0.2) is 30.3 Å². The molecule has 0 unspecified atom stereocenters. The highest BCUT2D eigenvalue weighted by atomic mass is 16.5. The molecule has 0 aliphatic carbocycles. The fourth-order valence-electron chi connectivity index (χ4n) is 4.61. The second-order valence-electron chi connectivity index (χ2n) is 8.76. The smallest absolute Gasteiger partial charge is 0.282 e. The van der Waals surface area contributed by atoms with E-state index < -0.39 is 0 Å². The Hall–Kier alpha value is -2.57. The number of piperazine rings is 1. The minimum Gasteiger partial charge on any atom is -0.493 e. The highest BCUT2D eigenvalue weighted by Gasteiger charge is 2.31. The predicted octanol–water partition coefficient (Wildman–Crippen LogP) is 0.940. The maximum absolute atomic E-state index is 12.9. The van der Waals surface area contributed by atoms with Crippen LogP contribution in [0.25, 0.3) is 0 Å². The third-order valence-corrected chi connectivity index (χ3v) is 6.43. The Balaban J connectivity index is 1.55. The molecule has 0 bridgehead atoms. The Bertz CT molecular complexity index is 897. The molecule has 6 heteroatoms. The monoisotopic (exact) mass is 427 g/mol. The van der Waals surface area contributed by atoms with Crippen molar-refractivity contribution in [1.82, 2.24) is 0 Å². The molecule has 1 atom stereocenters. The molecule has 31 heavy (non-hydrogen) atoms. The SMILES string of the molecule is COc1ccc(C[NH+]2CC[NH+]([C@@H](C)C(=O)Nc3c(C)cc(C)cc3C)CC2)cc1OC. The van der Waals surface area contributed by atoms with E-state index in [0.29, 0.717) is 0 Å². The number of aryl methyl sites for hydroxylation is 3. The number of nitrogens with one attached hydrogen (secondary N) is 3. The average Bonchev–Trinajstić information content (AvgIpc) is 2.76. The van der Waals surface area contributed by atoms with Gasteiger partial charge in [-0.25, -0.2) is 0 Å². The lowest BCUT2D eigenvalue weighted by molar-refractivity contribution is -1.02. The first-order valence-electron chi connectivity index (χ1n) is 11.1. The lowest BCUT2D eigenvalue weighted by Crippen LogP contribution is -3.29. The number of rotatable bonds is 7. The van der Waals surface area contributed by atoms with Crippen LogP contribution < -0.4 is 24.6 Å². The van der Waals surface area contributed by atoms with Crippen molar-refractivity contribution in [2.24, 2.45) is 0 Å². The van der Waals surface area contributed by atoms with Crippen molar-refractivity contribution in [3.05, 3.63) is 52.6 Å². The van der Waals surface area contributed by atoms with Crippen LogP contribution in [0.4, 0.5) is 5.69 Å². The summed E-state index contributed by atoms with van der Waals surface area (Å²) in [6, 6.07) is 10.3. The Morgan fingerprint density at radius 3 is 2.16 bits per heavy atom. The second-order valence-corrected chi connectivity index (χ2v) is 8.76. The van der Waals surface area contributed by atoms with Crippen LogP contribution in [0.3, 0.4) is 0 Å². The molecular formula is C25H37N3O3+2. The first kappa shape index (κ1) is 23.1. The molecule has 6 nitrogen and oxygen atoms in total.